The van der Waals surface area contributed by atoms with E-state index in [4.69, 9.17) is 49.5 Å². The molecule has 3 saturated heterocycles. The molecule has 4 aromatic heterocycles. The van der Waals surface area contributed by atoms with Gasteiger partial charge in [-0.05, 0) is 212 Å². The fourth-order valence-corrected chi connectivity index (χ4v) is 14.3. The molecular formula is C74H76B3ClN6O6. The molecule has 12 aromatic rings. The van der Waals surface area contributed by atoms with Gasteiger partial charge >= 0.3 is 21.1 Å². The smallest absolute Gasteiger partial charge is 0.405 e. The van der Waals surface area contributed by atoms with Crippen molar-refractivity contribution in [1.82, 2.24) is 27.9 Å². The molecule has 0 spiro atoms. The summed E-state index contributed by atoms with van der Waals surface area (Å²) in [6.45, 7) is 33.9. The third kappa shape index (κ3) is 8.74. The Labute approximate surface area is 532 Å². The van der Waals surface area contributed by atoms with Crippen LogP contribution in [-0.2, 0) is 38.8 Å². The predicted octanol–water partition coefficient (Wildman–Crippen LogP) is 16.7. The average molecular weight is 1210 g/mol. The van der Waals surface area contributed by atoms with Gasteiger partial charge in [-0.15, -0.1) is 0 Å². The quantitative estimate of drug-likeness (QED) is 0.161. The molecule has 454 valence electrons. The van der Waals surface area contributed by atoms with Gasteiger partial charge in [-0.1, -0.05) is 130 Å². The standard InChI is InChI=1S/C34H32BN3O2.C28H20ClN3.C12H24B2O4/c1-32(2)25-15-8-7-14-23(25)24-19-29-30(20-26(24)32)37(31-36-27-16-9-10-17-28(27)38(29)31)22-13-11-12-21(18-22)35-39-33(3,4)34(5,6)40-35;1-28(2)21-11-4-3-10-19(21)20-15-25-26(16-22(20)28)31(18-9-7-8-17(29)14-18)27-30-23-12-5-6-13-24(23)32(25)27;1-9(2)10(3,4)16-13(15-9)14-17-11(5,6)12(7,8)18-14/h7-20H,1-6H3;3-16H,1-2H3;1-8H3. The Balaban J connectivity index is 0.000000121. The lowest BCUT2D eigenvalue weighted by Crippen LogP contribution is -2.41. The number of imidazole rings is 4. The van der Waals surface area contributed by atoms with Gasteiger partial charge in [0.1, 0.15) is 0 Å². The summed E-state index contributed by atoms with van der Waals surface area (Å²) in [7, 11) is -1.38. The zero-order chi connectivity index (χ0) is 63.2. The van der Waals surface area contributed by atoms with E-state index in [9.17, 15) is 0 Å². The van der Waals surface area contributed by atoms with Crippen molar-refractivity contribution in [2.75, 3.05) is 0 Å². The second-order valence-electron chi connectivity index (χ2n) is 29.2. The molecule has 0 unspecified atom stereocenters. The van der Waals surface area contributed by atoms with Crippen LogP contribution in [0.25, 0.3) is 89.3 Å². The van der Waals surface area contributed by atoms with E-state index in [1.54, 1.807) is 0 Å². The Bertz CT molecular complexity index is 4870. The highest BCUT2D eigenvalue weighted by Gasteiger charge is 2.64. The molecule has 0 N–H and O–H groups in total. The SMILES string of the molecule is CC1(C)OB(B2OC(C)(C)C(C)(C)O2)OC1(C)C.CC1(C)c2ccccc2-c2cc3c(cc21)n(-c1cccc(B2OC(C)(C)C(C)(C)O2)c1)c1nc2ccccc2n31.CC1(C)c2ccccc2-c2cc3c(cc21)n(-c1cccc(Cl)c1)c1nc2ccccc2n31. The van der Waals surface area contributed by atoms with Crippen LogP contribution in [0.15, 0.2) is 170 Å². The first-order chi connectivity index (χ1) is 42.5. The lowest BCUT2D eigenvalue weighted by Gasteiger charge is -2.32. The van der Waals surface area contributed by atoms with Crippen LogP contribution in [0.3, 0.4) is 0 Å². The van der Waals surface area contributed by atoms with E-state index in [2.05, 4.69) is 219 Å². The number of aromatic nitrogens is 6. The number of hydrogen-bond acceptors (Lipinski definition) is 8. The van der Waals surface area contributed by atoms with Crippen LogP contribution in [0, 0.1) is 0 Å². The molecule has 12 nitrogen and oxygen atoms in total. The minimum atomic E-state index is -0.476. The highest BCUT2D eigenvalue weighted by atomic mass is 35.5. The Morgan fingerprint density at radius 2 is 0.711 bits per heavy atom. The summed E-state index contributed by atoms with van der Waals surface area (Å²) >= 11 is 6.40. The first kappa shape index (κ1) is 58.9. The molecular weight excluding hydrogens is 1140 g/mol. The van der Waals surface area contributed by atoms with Crippen molar-refractivity contribution in [3.63, 3.8) is 0 Å². The first-order valence-electron chi connectivity index (χ1n) is 31.5. The highest BCUT2D eigenvalue weighted by Crippen LogP contribution is 2.53. The summed E-state index contributed by atoms with van der Waals surface area (Å²) in [5, 5.41) is 0.715. The minimum absolute atomic E-state index is 0.0618. The third-order valence-corrected chi connectivity index (χ3v) is 21.5. The summed E-state index contributed by atoms with van der Waals surface area (Å²) < 4.78 is 45.8. The Morgan fingerprint density at radius 3 is 1.14 bits per heavy atom. The van der Waals surface area contributed by atoms with Crippen LogP contribution in [0.2, 0.25) is 5.02 Å². The van der Waals surface area contributed by atoms with Gasteiger partial charge in [-0.2, -0.15) is 0 Å². The van der Waals surface area contributed by atoms with E-state index >= 15 is 0 Å². The van der Waals surface area contributed by atoms with Crippen molar-refractivity contribution >= 4 is 93.9 Å². The lowest BCUT2D eigenvalue weighted by molar-refractivity contribution is 0.00578. The molecule has 3 aliphatic heterocycles. The third-order valence-electron chi connectivity index (χ3n) is 21.3. The summed E-state index contributed by atoms with van der Waals surface area (Å²) in [6.07, 6.45) is 0. The summed E-state index contributed by atoms with van der Waals surface area (Å²) in [5.74, 6) is 1.80. The predicted molar refractivity (Wildman–Crippen MR) is 367 cm³/mol. The van der Waals surface area contributed by atoms with Crippen molar-refractivity contribution < 1.29 is 27.9 Å². The van der Waals surface area contributed by atoms with Gasteiger partial charge in [0, 0.05) is 21.5 Å². The lowest BCUT2D eigenvalue weighted by atomic mass is 9.49. The molecule has 8 aromatic carbocycles. The summed E-state index contributed by atoms with van der Waals surface area (Å²) in [6, 6.07) is 60.3. The zero-order valence-electron chi connectivity index (χ0n) is 54.4. The number of para-hydroxylation sites is 4. The van der Waals surface area contributed by atoms with E-state index in [0.717, 1.165) is 72.5 Å². The number of fused-ring (bicyclic) bond motifs is 16. The Hall–Kier alpha value is -7.46. The molecule has 0 radical (unpaired) electrons. The summed E-state index contributed by atoms with van der Waals surface area (Å²) in [5.41, 5.74) is 20.1. The maximum atomic E-state index is 6.42. The summed E-state index contributed by atoms with van der Waals surface area (Å²) in [4.78, 5) is 10.2. The number of hydrogen-bond donors (Lipinski definition) is 0. The molecule has 2 aliphatic carbocycles. The Kier molecular flexibility index (Phi) is 12.9. The fraction of sp³-hybridized carbons (Fsp3) is 0.324. The molecule has 0 atom stereocenters. The molecule has 90 heavy (non-hydrogen) atoms. The van der Waals surface area contributed by atoms with Gasteiger partial charge in [0.05, 0.1) is 83.4 Å². The van der Waals surface area contributed by atoms with Crippen molar-refractivity contribution in [1.29, 1.82) is 0 Å². The van der Waals surface area contributed by atoms with E-state index < -0.39 is 32.3 Å². The van der Waals surface area contributed by atoms with Crippen molar-refractivity contribution in [2.24, 2.45) is 0 Å². The number of halogens is 1. The van der Waals surface area contributed by atoms with Gasteiger partial charge in [0.15, 0.2) is 0 Å². The molecule has 0 amide bonds. The molecule has 5 aliphatic rings. The van der Waals surface area contributed by atoms with Crippen molar-refractivity contribution in [2.45, 2.75) is 155 Å². The van der Waals surface area contributed by atoms with Crippen molar-refractivity contribution in [3.8, 4) is 33.6 Å². The van der Waals surface area contributed by atoms with Gasteiger partial charge in [0.2, 0.25) is 11.6 Å². The van der Waals surface area contributed by atoms with Crippen LogP contribution in [0.5, 0.6) is 0 Å². The molecule has 0 saturated carbocycles. The van der Waals surface area contributed by atoms with E-state index in [0.29, 0.717) is 5.02 Å². The van der Waals surface area contributed by atoms with Gasteiger partial charge < -0.3 is 27.9 Å². The minimum Gasteiger partial charge on any atom is -0.405 e. The second kappa shape index (κ2) is 19.8. The van der Waals surface area contributed by atoms with Crippen LogP contribution in [0.1, 0.15) is 133 Å². The number of benzene rings is 8. The average Bonchev–Trinajstić information content (AvgIpc) is 1.54. The number of rotatable bonds is 4. The largest absolute Gasteiger partial charge is 0.494 e. The topological polar surface area (TPSA) is 99.8 Å². The monoisotopic (exact) mass is 1210 g/mol. The first-order valence-corrected chi connectivity index (χ1v) is 31.9. The van der Waals surface area contributed by atoms with E-state index in [1.807, 2.05) is 79.7 Å². The van der Waals surface area contributed by atoms with Gasteiger partial charge in [-0.25, -0.2) is 9.97 Å². The van der Waals surface area contributed by atoms with E-state index in [1.165, 1.54) is 44.5 Å². The van der Waals surface area contributed by atoms with Gasteiger partial charge in [0.25, 0.3) is 0 Å². The molecule has 3 fully saturated rings. The normalized spacial score (nSPS) is 19.8. The van der Waals surface area contributed by atoms with Crippen molar-refractivity contribution in [3.05, 3.63) is 197 Å². The molecule has 17 rings (SSSR count). The zero-order valence-corrected chi connectivity index (χ0v) is 55.2. The second-order valence-corrected chi connectivity index (χ2v) is 29.6. The molecule has 0 bridgehead atoms. The van der Waals surface area contributed by atoms with Crippen LogP contribution in [0.4, 0.5) is 0 Å². The fourth-order valence-electron chi connectivity index (χ4n) is 14.1. The van der Waals surface area contributed by atoms with Crippen LogP contribution < -0.4 is 5.46 Å². The molecule has 16 heteroatoms. The maximum absolute atomic E-state index is 6.42. The van der Waals surface area contributed by atoms with E-state index in [-0.39, 0.29) is 33.2 Å². The molecule has 7 heterocycles. The van der Waals surface area contributed by atoms with Gasteiger partial charge in [-0.3, -0.25) is 17.9 Å². The van der Waals surface area contributed by atoms with Crippen LogP contribution >= 0.6 is 11.6 Å². The Morgan fingerprint density at radius 1 is 0.333 bits per heavy atom. The maximum Gasteiger partial charge on any atom is 0.494 e. The number of nitrogens with zero attached hydrogens (tertiary/aromatic N) is 6. The highest BCUT2D eigenvalue weighted by molar-refractivity contribution is 7.11. The van der Waals surface area contributed by atoms with Crippen LogP contribution in [-0.4, -0.2) is 82.6 Å².